The van der Waals surface area contributed by atoms with Gasteiger partial charge in [-0.05, 0) is 29.8 Å². The van der Waals surface area contributed by atoms with Crippen LogP contribution in [0.4, 0.5) is 10.1 Å². The van der Waals surface area contributed by atoms with Crippen molar-refractivity contribution in [3.05, 3.63) is 59.7 Å². The summed E-state index contributed by atoms with van der Waals surface area (Å²) in [4.78, 5) is 3.91. The molecule has 1 aromatic carbocycles. The highest BCUT2D eigenvalue weighted by Gasteiger charge is 2.06. The van der Waals surface area contributed by atoms with Crippen molar-refractivity contribution >= 4 is 5.69 Å². The van der Waals surface area contributed by atoms with Crippen LogP contribution >= 0.6 is 0 Å². The van der Waals surface area contributed by atoms with E-state index in [0.29, 0.717) is 12.2 Å². The Morgan fingerprint density at radius 1 is 1.24 bits per heavy atom. The molecule has 84 valence electrons. The lowest BCUT2D eigenvalue weighted by atomic mass is 10.1. The van der Waals surface area contributed by atoms with E-state index in [1.165, 1.54) is 6.07 Å². The van der Waals surface area contributed by atoms with Gasteiger partial charge >= 0.3 is 0 Å². The Hall–Kier alpha value is -2.41. The predicted octanol–water partition coefficient (Wildman–Crippen LogP) is 2.70. The number of aromatic nitrogens is 1. The number of anilines is 1. The van der Waals surface area contributed by atoms with Crippen LogP contribution in [-0.4, -0.2) is 4.98 Å². The summed E-state index contributed by atoms with van der Waals surface area (Å²) in [6.07, 6.45) is 3.38. The summed E-state index contributed by atoms with van der Waals surface area (Å²) < 4.78 is 13.3. The summed E-state index contributed by atoms with van der Waals surface area (Å²) in [6.45, 7) is 0.528. The SMILES string of the molecule is N#Cc1c(F)cccc1NCc1ccncc1. The van der Waals surface area contributed by atoms with Gasteiger partial charge < -0.3 is 5.32 Å². The van der Waals surface area contributed by atoms with Gasteiger partial charge in [0.1, 0.15) is 17.4 Å². The first-order chi connectivity index (χ1) is 8.31. The Morgan fingerprint density at radius 3 is 2.71 bits per heavy atom. The largest absolute Gasteiger partial charge is 0.380 e. The minimum Gasteiger partial charge on any atom is -0.380 e. The molecular weight excluding hydrogens is 217 g/mol. The van der Waals surface area contributed by atoms with Crippen LogP contribution < -0.4 is 5.32 Å². The average Bonchev–Trinajstić information content (AvgIpc) is 2.37. The molecule has 1 N–H and O–H groups in total. The predicted molar refractivity (Wildman–Crippen MR) is 62.7 cm³/mol. The van der Waals surface area contributed by atoms with Crippen LogP contribution in [-0.2, 0) is 6.54 Å². The second kappa shape index (κ2) is 5.08. The Balaban J connectivity index is 2.15. The van der Waals surface area contributed by atoms with Crippen molar-refractivity contribution in [3.63, 3.8) is 0 Å². The molecule has 2 rings (SSSR count). The summed E-state index contributed by atoms with van der Waals surface area (Å²) >= 11 is 0. The molecule has 0 bridgehead atoms. The van der Waals surface area contributed by atoms with Crippen molar-refractivity contribution in [2.45, 2.75) is 6.54 Å². The van der Waals surface area contributed by atoms with Gasteiger partial charge in [0, 0.05) is 18.9 Å². The monoisotopic (exact) mass is 227 g/mol. The number of nitriles is 1. The number of halogens is 1. The molecule has 0 radical (unpaired) electrons. The Labute approximate surface area is 98.5 Å². The number of hydrogen-bond acceptors (Lipinski definition) is 3. The number of benzene rings is 1. The molecule has 0 aliphatic heterocycles. The van der Waals surface area contributed by atoms with E-state index in [1.807, 2.05) is 18.2 Å². The summed E-state index contributed by atoms with van der Waals surface area (Å²) in [5, 5.41) is 11.9. The molecular formula is C13H10FN3. The molecule has 1 heterocycles. The van der Waals surface area contributed by atoms with Crippen LogP contribution in [0.2, 0.25) is 0 Å². The molecule has 3 nitrogen and oxygen atoms in total. The van der Waals surface area contributed by atoms with Crippen molar-refractivity contribution < 1.29 is 4.39 Å². The molecule has 0 atom stereocenters. The van der Waals surface area contributed by atoms with E-state index in [4.69, 9.17) is 5.26 Å². The zero-order chi connectivity index (χ0) is 12.1. The minimum atomic E-state index is -0.507. The fourth-order valence-electron chi connectivity index (χ4n) is 1.48. The lowest BCUT2D eigenvalue weighted by Crippen LogP contribution is -2.02. The first kappa shape index (κ1) is 11.1. The first-order valence-corrected chi connectivity index (χ1v) is 5.12. The minimum absolute atomic E-state index is 0.0431. The number of nitrogens with one attached hydrogen (secondary N) is 1. The standard InChI is InChI=1S/C13H10FN3/c14-12-2-1-3-13(11(12)8-15)17-9-10-4-6-16-7-5-10/h1-7,17H,9H2. The number of rotatable bonds is 3. The van der Waals surface area contributed by atoms with Crippen molar-refractivity contribution in [2.75, 3.05) is 5.32 Å². The Morgan fingerprint density at radius 2 is 2.00 bits per heavy atom. The highest BCUT2D eigenvalue weighted by molar-refractivity contribution is 5.58. The first-order valence-electron chi connectivity index (χ1n) is 5.12. The van der Waals surface area contributed by atoms with Crippen LogP contribution in [0.15, 0.2) is 42.7 Å². The zero-order valence-corrected chi connectivity index (χ0v) is 9.02. The van der Waals surface area contributed by atoms with Crippen LogP contribution in [0, 0.1) is 17.1 Å². The van der Waals surface area contributed by atoms with Crippen molar-refractivity contribution in [2.24, 2.45) is 0 Å². The molecule has 4 heteroatoms. The van der Waals surface area contributed by atoms with Gasteiger partial charge in [0.2, 0.25) is 0 Å². The van der Waals surface area contributed by atoms with Crippen LogP contribution in [0.25, 0.3) is 0 Å². The highest BCUT2D eigenvalue weighted by Crippen LogP contribution is 2.18. The third kappa shape index (κ3) is 2.58. The molecule has 17 heavy (non-hydrogen) atoms. The van der Waals surface area contributed by atoms with Gasteiger partial charge in [0.25, 0.3) is 0 Å². The quantitative estimate of drug-likeness (QED) is 0.877. The molecule has 0 unspecified atom stereocenters. The summed E-state index contributed by atoms with van der Waals surface area (Å²) in [6, 6.07) is 10.1. The molecule has 0 amide bonds. The summed E-state index contributed by atoms with van der Waals surface area (Å²) in [7, 11) is 0. The molecule has 0 saturated carbocycles. The van der Waals surface area contributed by atoms with E-state index in [2.05, 4.69) is 10.3 Å². The molecule has 1 aromatic heterocycles. The Kier molecular flexibility index (Phi) is 3.31. The summed E-state index contributed by atoms with van der Waals surface area (Å²) in [5.41, 5.74) is 1.57. The van der Waals surface area contributed by atoms with Crippen molar-refractivity contribution in [1.29, 1.82) is 5.26 Å². The van der Waals surface area contributed by atoms with E-state index >= 15 is 0 Å². The van der Waals surface area contributed by atoms with E-state index in [0.717, 1.165) is 5.56 Å². The van der Waals surface area contributed by atoms with Gasteiger partial charge in [-0.15, -0.1) is 0 Å². The summed E-state index contributed by atoms with van der Waals surface area (Å²) in [5.74, 6) is -0.507. The van der Waals surface area contributed by atoms with Gasteiger partial charge in [0.15, 0.2) is 0 Å². The highest BCUT2D eigenvalue weighted by atomic mass is 19.1. The van der Waals surface area contributed by atoms with E-state index < -0.39 is 5.82 Å². The van der Waals surface area contributed by atoms with Gasteiger partial charge in [-0.25, -0.2) is 4.39 Å². The average molecular weight is 227 g/mol. The van der Waals surface area contributed by atoms with Crippen LogP contribution in [0.1, 0.15) is 11.1 Å². The fourth-order valence-corrected chi connectivity index (χ4v) is 1.48. The Bertz CT molecular complexity index is 546. The normalized spacial score (nSPS) is 9.65. The lowest BCUT2D eigenvalue weighted by molar-refractivity contribution is 0.624. The number of pyridine rings is 1. The molecule has 0 aliphatic rings. The second-order valence-electron chi connectivity index (χ2n) is 3.48. The molecule has 0 aliphatic carbocycles. The maximum absolute atomic E-state index is 13.3. The lowest BCUT2D eigenvalue weighted by Gasteiger charge is -2.08. The van der Waals surface area contributed by atoms with Crippen molar-refractivity contribution in [3.8, 4) is 6.07 Å². The van der Waals surface area contributed by atoms with Crippen LogP contribution in [0.5, 0.6) is 0 Å². The topological polar surface area (TPSA) is 48.7 Å². The van der Waals surface area contributed by atoms with Crippen molar-refractivity contribution in [1.82, 2.24) is 4.98 Å². The maximum atomic E-state index is 13.3. The second-order valence-corrected chi connectivity index (χ2v) is 3.48. The molecule has 0 spiro atoms. The fraction of sp³-hybridized carbons (Fsp3) is 0.0769. The smallest absolute Gasteiger partial charge is 0.143 e. The van der Waals surface area contributed by atoms with E-state index in [-0.39, 0.29) is 5.56 Å². The van der Waals surface area contributed by atoms with Gasteiger partial charge in [-0.1, -0.05) is 6.07 Å². The molecule has 2 aromatic rings. The van der Waals surface area contributed by atoms with Crippen LogP contribution in [0.3, 0.4) is 0 Å². The third-order valence-electron chi connectivity index (χ3n) is 2.36. The van der Waals surface area contributed by atoms with E-state index in [9.17, 15) is 4.39 Å². The molecule has 0 fully saturated rings. The number of nitrogens with zero attached hydrogens (tertiary/aromatic N) is 2. The third-order valence-corrected chi connectivity index (χ3v) is 2.36. The molecule has 0 saturated heterocycles. The van der Waals surface area contributed by atoms with Gasteiger partial charge in [0.05, 0.1) is 5.69 Å². The zero-order valence-electron chi connectivity index (χ0n) is 9.02. The number of hydrogen-bond donors (Lipinski definition) is 1. The van der Waals surface area contributed by atoms with E-state index in [1.54, 1.807) is 24.5 Å². The van der Waals surface area contributed by atoms with Gasteiger partial charge in [-0.3, -0.25) is 4.98 Å². The van der Waals surface area contributed by atoms with Gasteiger partial charge in [-0.2, -0.15) is 5.26 Å². The maximum Gasteiger partial charge on any atom is 0.143 e.